The van der Waals surface area contributed by atoms with Crippen LogP contribution < -0.4 is 16.0 Å². The van der Waals surface area contributed by atoms with Crippen LogP contribution in [0.25, 0.3) is 0 Å². The predicted molar refractivity (Wildman–Crippen MR) is 101 cm³/mol. The monoisotopic (exact) mass is 367 g/mol. The van der Waals surface area contributed by atoms with Crippen molar-refractivity contribution in [1.29, 1.82) is 0 Å². The Bertz CT molecular complexity index is 590. The predicted octanol–water partition coefficient (Wildman–Crippen LogP) is 1.01. The molecule has 25 heavy (non-hydrogen) atoms. The minimum Gasteiger partial charge on any atom is -0.345 e. The maximum absolute atomic E-state index is 12.0. The molecule has 1 aromatic heterocycles. The lowest BCUT2D eigenvalue weighted by Crippen LogP contribution is -2.38. The number of carbonyl (C=O) groups excluding carboxylic acids is 2. The van der Waals surface area contributed by atoms with E-state index in [1.807, 2.05) is 6.92 Å². The van der Waals surface area contributed by atoms with Crippen LogP contribution in [0, 0.1) is 0 Å². The molecule has 140 valence electrons. The van der Waals surface area contributed by atoms with Crippen LogP contribution in [0.5, 0.6) is 0 Å². The molecule has 1 aliphatic rings. The van der Waals surface area contributed by atoms with Gasteiger partial charge in [-0.05, 0) is 39.2 Å². The van der Waals surface area contributed by atoms with E-state index < -0.39 is 0 Å². The third kappa shape index (κ3) is 6.05. The highest BCUT2D eigenvalue weighted by Gasteiger charge is 2.22. The van der Waals surface area contributed by atoms with Gasteiger partial charge in [0.2, 0.25) is 11.8 Å². The van der Waals surface area contributed by atoms with Crippen molar-refractivity contribution >= 4 is 28.3 Å². The Kier molecular flexibility index (Phi) is 7.80. The van der Waals surface area contributed by atoms with Crippen LogP contribution in [0.3, 0.4) is 0 Å². The lowest BCUT2D eigenvalue weighted by atomic mass is 9.98. The van der Waals surface area contributed by atoms with Crippen LogP contribution in [0.4, 0.5) is 5.13 Å². The normalized spacial score (nSPS) is 16.4. The second-order valence-electron chi connectivity index (χ2n) is 6.34. The summed E-state index contributed by atoms with van der Waals surface area (Å²) in [6, 6.07) is 0.514. The Morgan fingerprint density at radius 3 is 2.84 bits per heavy atom. The van der Waals surface area contributed by atoms with Crippen LogP contribution in [0.1, 0.15) is 37.3 Å². The first-order valence-corrected chi connectivity index (χ1v) is 9.81. The molecule has 2 amide bonds. The summed E-state index contributed by atoms with van der Waals surface area (Å²) in [5.74, 6) is -0.190. The first kappa shape index (κ1) is 19.8. The van der Waals surface area contributed by atoms with E-state index in [-0.39, 0.29) is 24.9 Å². The highest BCUT2D eigenvalue weighted by atomic mass is 32.1. The molecule has 3 N–H and O–H groups in total. The number of likely N-dealkylation sites (N-methyl/N-ethyl adjacent to an activating group) is 1. The summed E-state index contributed by atoms with van der Waals surface area (Å²) in [6.45, 7) is 6.05. The molecule has 0 saturated carbocycles. The number of amides is 2. The zero-order chi connectivity index (χ0) is 18.2. The molecule has 0 spiro atoms. The number of hydrogen-bond donors (Lipinski definition) is 3. The van der Waals surface area contributed by atoms with Crippen molar-refractivity contribution in [2.45, 2.75) is 45.6 Å². The highest BCUT2D eigenvalue weighted by Crippen LogP contribution is 2.29. The first-order chi connectivity index (χ1) is 12.0. The molecule has 0 saturated heterocycles. The number of nitrogens with zero attached hydrogens (tertiary/aromatic N) is 2. The Morgan fingerprint density at radius 1 is 1.32 bits per heavy atom. The number of fused-ring (bicyclic) bond motifs is 1. The average molecular weight is 368 g/mol. The van der Waals surface area contributed by atoms with E-state index >= 15 is 0 Å². The fraction of sp³-hybridized carbons (Fsp3) is 0.706. The van der Waals surface area contributed by atoms with Crippen LogP contribution in [0.15, 0.2) is 0 Å². The van der Waals surface area contributed by atoms with Crippen LogP contribution in [-0.2, 0) is 22.4 Å². The van der Waals surface area contributed by atoms with Crippen molar-refractivity contribution < 1.29 is 9.59 Å². The molecule has 0 unspecified atom stereocenters. The molecule has 0 aliphatic heterocycles. The van der Waals surface area contributed by atoms with Gasteiger partial charge in [-0.2, -0.15) is 0 Å². The van der Waals surface area contributed by atoms with E-state index in [0.717, 1.165) is 37.9 Å². The molecule has 1 aromatic rings. The van der Waals surface area contributed by atoms with E-state index in [2.05, 4.69) is 27.9 Å². The number of rotatable bonds is 9. The Hall–Kier alpha value is -1.51. The van der Waals surface area contributed by atoms with Crippen molar-refractivity contribution in [1.82, 2.24) is 20.5 Å². The summed E-state index contributed by atoms with van der Waals surface area (Å²) >= 11 is 1.56. The van der Waals surface area contributed by atoms with E-state index in [0.29, 0.717) is 17.7 Å². The molecule has 0 radical (unpaired) electrons. The number of hydrogen-bond acceptors (Lipinski definition) is 6. The topological polar surface area (TPSA) is 86.4 Å². The molecule has 0 aromatic carbocycles. The number of aryl methyl sites for hydroxylation is 1. The zero-order valence-corrected chi connectivity index (χ0v) is 16.2. The van der Waals surface area contributed by atoms with Gasteiger partial charge in [0.15, 0.2) is 5.13 Å². The van der Waals surface area contributed by atoms with Gasteiger partial charge in [-0.25, -0.2) is 4.98 Å². The molecular formula is C17H29N5O2S. The van der Waals surface area contributed by atoms with E-state index in [9.17, 15) is 9.59 Å². The zero-order valence-electron chi connectivity index (χ0n) is 15.4. The molecular weight excluding hydrogens is 338 g/mol. The van der Waals surface area contributed by atoms with Gasteiger partial charge in [-0.1, -0.05) is 6.92 Å². The van der Waals surface area contributed by atoms with Gasteiger partial charge in [0, 0.05) is 24.5 Å². The van der Waals surface area contributed by atoms with Crippen LogP contribution in [0.2, 0.25) is 0 Å². The quantitative estimate of drug-likeness (QED) is 0.606. The number of carbonyl (C=O) groups is 2. The van der Waals surface area contributed by atoms with Crippen molar-refractivity contribution in [2.24, 2.45) is 0 Å². The minimum atomic E-state index is -0.168. The molecule has 2 rings (SSSR count). The third-order valence-electron chi connectivity index (χ3n) is 4.33. The maximum atomic E-state index is 12.0. The first-order valence-electron chi connectivity index (χ1n) is 9.00. The third-order valence-corrected chi connectivity index (χ3v) is 5.37. The maximum Gasteiger partial charge on any atom is 0.240 e. The van der Waals surface area contributed by atoms with Crippen molar-refractivity contribution in [3.05, 3.63) is 10.6 Å². The van der Waals surface area contributed by atoms with E-state index in [1.54, 1.807) is 23.3 Å². The largest absolute Gasteiger partial charge is 0.345 e. The van der Waals surface area contributed by atoms with Gasteiger partial charge in [0.1, 0.15) is 0 Å². The van der Waals surface area contributed by atoms with Gasteiger partial charge in [-0.3, -0.25) is 14.9 Å². The number of thiazole rings is 1. The lowest BCUT2D eigenvalue weighted by Gasteiger charge is -2.21. The minimum absolute atomic E-state index is 0.0226. The van der Waals surface area contributed by atoms with Crippen LogP contribution in [-0.4, -0.2) is 61.0 Å². The molecule has 1 atom stereocenters. The second-order valence-corrected chi connectivity index (χ2v) is 7.43. The Morgan fingerprint density at radius 2 is 2.12 bits per heavy atom. The van der Waals surface area contributed by atoms with Gasteiger partial charge in [-0.15, -0.1) is 11.3 Å². The molecule has 8 heteroatoms. The Balaban J connectivity index is 1.77. The van der Waals surface area contributed by atoms with Crippen LogP contribution >= 0.6 is 11.3 Å². The summed E-state index contributed by atoms with van der Waals surface area (Å²) in [7, 11) is 1.74. The Labute approximate surface area is 153 Å². The SMILES string of the molecule is CCCN[C@H]1CCc2nc(NC(=O)CNCC(=O)N(C)CC)sc2C1. The summed E-state index contributed by atoms with van der Waals surface area (Å²) in [5.41, 5.74) is 1.11. The molecule has 7 nitrogen and oxygen atoms in total. The fourth-order valence-corrected chi connectivity index (χ4v) is 3.81. The lowest BCUT2D eigenvalue weighted by molar-refractivity contribution is -0.128. The van der Waals surface area contributed by atoms with E-state index in [1.165, 1.54) is 4.88 Å². The van der Waals surface area contributed by atoms with Gasteiger partial charge >= 0.3 is 0 Å². The smallest absolute Gasteiger partial charge is 0.240 e. The van der Waals surface area contributed by atoms with Gasteiger partial charge < -0.3 is 15.5 Å². The summed E-state index contributed by atoms with van der Waals surface area (Å²) in [5, 5.41) is 9.93. The average Bonchev–Trinajstić information content (AvgIpc) is 3.00. The van der Waals surface area contributed by atoms with E-state index in [4.69, 9.17) is 0 Å². The number of aromatic nitrogens is 1. The fourth-order valence-electron chi connectivity index (χ4n) is 2.71. The number of anilines is 1. The second kappa shape index (κ2) is 9.84. The summed E-state index contributed by atoms with van der Waals surface area (Å²) in [4.78, 5) is 31.1. The molecule has 1 aliphatic carbocycles. The van der Waals surface area contributed by atoms with Crippen molar-refractivity contribution in [3.8, 4) is 0 Å². The van der Waals surface area contributed by atoms with Crippen molar-refractivity contribution in [2.75, 3.05) is 38.5 Å². The summed E-state index contributed by atoms with van der Waals surface area (Å²) < 4.78 is 0. The molecule has 0 bridgehead atoms. The molecule has 0 fully saturated rings. The standard InChI is InChI=1S/C17H29N5O2S/c1-4-8-19-12-6-7-13-14(9-12)25-17(20-13)21-15(23)10-18-11-16(24)22(3)5-2/h12,18-19H,4-11H2,1-3H3,(H,20,21,23)/t12-/m0/s1. The number of nitrogens with one attached hydrogen (secondary N) is 3. The van der Waals surface area contributed by atoms with Crippen molar-refractivity contribution in [3.63, 3.8) is 0 Å². The summed E-state index contributed by atoms with van der Waals surface area (Å²) in [6.07, 6.45) is 4.17. The highest BCUT2D eigenvalue weighted by molar-refractivity contribution is 7.15. The molecule has 1 heterocycles. The van der Waals surface area contributed by atoms with Gasteiger partial charge in [0.25, 0.3) is 0 Å². The van der Waals surface area contributed by atoms with Gasteiger partial charge in [0.05, 0.1) is 18.8 Å².